The highest BCUT2D eigenvalue weighted by Crippen LogP contribution is 2.21. The Balaban J connectivity index is 1.97. The topological polar surface area (TPSA) is 6.48 Å². The normalized spacial score (nSPS) is 16.0. The minimum Gasteiger partial charge on any atom is -0.356 e. The van der Waals surface area contributed by atoms with Gasteiger partial charge in [-0.25, -0.2) is 0 Å². The van der Waals surface area contributed by atoms with Crippen LogP contribution in [-0.4, -0.2) is 29.1 Å². The van der Waals surface area contributed by atoms with Crippen LogP contribution in [0.1, 0.15) is 156 Å². The Bertz CT molecular complexity index is 392. The largest absolute Gasteiger partial charge is 0.356 e. The predicted molar refractivity (Wildman–Crippen MR) is 140 cm³/mol. The van der Waals surface area contributed by atoms with Gasteiger partial charge in [0.25, 0.3) is 0 Å². The van der Waals surface area contributed by atoms with Crippen LogP contribution in [0.25, 0.3) is 0 Å². The van der Waals surface area contributed by atoms with Gasteiger partial charge < -0.3 is 9.80 Å². The Labute approximate surface area is 197 Å². The quantitative estimate of drug-likeness (QED) is 0.148. The molecular formula is C29H58N2. The van der Waals surface area contributed by atoms with E-state index in [4.69, 9.17) is 0 Å². The Morgan fingerprint density at radius 3 is 1.00 bits per heavy atom. The first-order valence-electron chi connectivity index (χ1n) is 14.5. The van der Waals surface area contributed by atoms with Gasteiger partial charge in [0.15, 0.2) is 0 Å². The van der Waals surface area contributed by atoms with E-state index >= 15 is 0 Å². The van der Waals surface area contributed by atoms with Crippen molar-refractivity contribution in [3.8, 4) is 0 Å². The summed E-state index contributed by atoms with van der Waals surface area (Å²) in [6.45, 7) is 9.46. The molecule has 0 aromatic rings. The number of hydrogen-bond acceptors (Lipinski definition) is 2. The van der Waals surface area contributed by atoms with Gasteiger partial charge in [0.2, 0.25) is 0 Å². The van der Waals surface area contributed by atoms with E-state index < -0.39 is 0 Å². The maximum absolute atomic E-state index is 2.61. The van der Waals surface area contributed by atoms with Gasteiger partial charge in [-0.3, -0.25) is 0 Å². The molecular weight excluding hydrogens is 376 g/mol. The van der Waals surface area contributed by atoms with Crippen LogP contribution in [0, 0.1) is 0 Å². The molecule has 0 spiro atoms. The number of rotatable bonds is 23. The molecule has 1 aliphatic heterocycles. The van der Waals surface area contributed by atoms with Crippen molar-refractivity contribution < 1.29 is 0 Å². The van der Waals surface area contributed by atoms with Gasteiger partial charge in [-0.15, -0.1) is 0 Å². The zero-order valence-electron chi connectivity index (χ0n) is 21.9. The van der Waals surface area contributed by atoms with Crippen LogP contribution in [0.3, 0.4) is 0 Å². The Hall–Kier alpha value is -0.660. The maximum Gasteiger partial charge on any atom is 0.100 e. The SMILES string of the molecule is CCCCCCCCCCCCCN1C=CN(CCCCCCCCCCC)C1CC. The average Bonchev–Trinajstić information content (AvgIpc) is 3.18. The molecule has 1 unspecified atom stereocenters. The second kappa shape index (κ2) is 21.2. The summed E-state index contributed by atoms with van der Waals surface area (Å²) in [5.74, 6) is 0. The van der Waals surface area contributed by atoms with Crippen LogP contribution < -0.4 is 0 Å². The molecule has 184 valence electrons. The van der Waals surface area contributed by atoms with E-state index in [-0.39, 0.29) is 0 Å². The molecule has 1 rings (SSSR count). The van der Waals surface area contributed by atoms with Crippen molar-refractivity contribution in [2.75, 3.05) is 13.1 Å². The van der Waals surface area contributed by atoms with Crippen molar-refractivity contribution in [2.24, 2.45) is 0 Å². The molecule has 0 aromatic heterocycles. The summed E-state index contributed by atoms with van der Waals surface area (Å²) in [5, 5.41) is 0. The number of nitrogens with zero attached hydrogens (tertiary/aromatic N) is 2. The first-order valence-corrected chi connectivity index (χ1v) is 14.5. The van der Waals surface area contributed by atoms with Crippen molar-refractivity contribution in [1.29, 1.82) is 0 Å². The summed E-state index contributed by atoms with van der Waals surface area (Å²) in [4.78, 5) is 5.22. The van der Waals surface area contributed by atoms with Gasteiger partial charge in [0.1, 0.15) is 6.17 Å². The van der Waals surface area contributed by atoms with Crippen molar-refractivity contribution in [3.63, 3.8) is 0 Å². The van der Waals surface area contributed by atoms with Gasteiger partial charge in [0, 0.05) is 25.5 Å². The van der Waals surface area contributed by atoms with Crippen LogP contribution in [0.2, 0.25) is 0 Å². The lowest BCUT2D eigenvalue weighted by Crippen LogP contribution is -2.38. The Morgan fingerprint density at radius 1 is 0.419 bits per heavy atom. The average molecular weight is 435 g/mol. The summed E-state index contributed by atoms with van der Waals surface area (Å²) in [7, 11) is 0. The summed E-state index contributed by atoms with van der Waals surface area (Å²) >= 11 is 0. The van der Waals surface area contributed by atoms with E-state index in [1.54, 1.807) is 0 Å². The van der Waals surface area contributed by atoms with Crippen LogP contribution >= 0.6 is 0 Å². The lowest BCUT2D eigenvalue weighted by Gasteiger charge is -2.32. The molecule has 1 atom stereocenters. The summed E-state index contributed by atoms with van der Waals surface area (Å²) < 4.78 is 0. The highest BCUT2D eigenvalue weighted by Gasteiger charge is 2.23. The monoisotopic (exact) mass is 434 g/mol. The number of hydrogen-bond donors (Lipinski definition) is 0. The highest BCUT2D eigenvalue weighted by atomic mass is 15.4. The standard InChI is InChI=1S/C29H58N2/c1-4-7-9-11-13-15-16-18-20-22-24-26-31-28-27-30(29(31)6-3)25-23-21-19-17-14-12-10-8-5-2/h27-29H,4-26H2,1-3H3. The zero-order valence-corrected chi connectivity index (χ0v) is 21.9. The van der Waals surface area contributed by atoms with E-state index in [1.165, 1.54) is 148 Å². The molecule has 0 aromatic carbocycles. The summed E-state index contributed by atoms with van der Waals surface area (Å²) in [6, 6.07) is 0. The van der Waals surface area contributed by atoms with Gasteiger partial charge >= 0.3 is 0 Å². The van der Waals surface area contributed by atoms with E-state index in [0.29, 0.717) is 6.17 Å². The highest BCUT2D eigenvalue weighted by molar-refractivity contribution is 4.96. The van der Waals surface area contributed by atoms with Gasteiger partial charge in [0.05, 0.1) is 0 Å². The molecule has 0 saturated carbocycles. The van der Waals surface area contributed by atoms with Crippen LogP contribution in [0.4, 0.5) is 0 Å². The van der Waals surface area contributed by atoms with Crippen molar-refractivity contribution in [3.05, 3.63) is 12.4 Å². The van der Waals surface area contributed by atoms with E-state index in [2.05, 4.69) is 43.0 Å². The van der Waals surface area contributed by atoms with Crippen molar-refractivity contribution in [2.45, 2.75) is 162 Å². The minimum atomic E-state index is 0.622. The predicted octanol–water partition coefficient (Wildman–Crippen LogP) is 9.65. The van der Waals surface area contributed by atoms with Crippen LogP contribution in [0.5, 0.6) is 0 Å². The molecule has 2 heteroatoms. The summed E-state index contributed by atoms with van der Waals surface area (Å²) in [6.07, 6.45) is 35.2. The fraction of sp³-hybridized carbons (Fsp3) is 0.931. The van der Waals surface area contributed by atoms with E-state index in [9.17, 15) is 0 Å². The van der Waals surface area contributed by atoms with Crippen LogP contribution in [0.15, 0.2) is 12.4 Å². The first-order chi connectivity index (χ1) is 15.3. The third-order valence-corrected chi connectivity index (χ3v) is 7.12. The van der Waals surface area contributed by atoms with E-state index in [1.807, 2.05) is 0 Å². The molecule has 2 nitrogen and oxygen atoms in total. The third kappa shape index (κ3) is 14.9. The van der Waals surface area contributed by atoms with Gasteiger partial charge in [-0.05, 0) is 19.3 Å². The van der Waals surface area contributed by atoms with Gasteiger partial charge in [-0.2, -0.15) is 0 Å². The van der Waals surface area contributed by atoms with Gasteiger partial charge in [-0.1, -0.05) is 136 Å². The van der Waals surface area contributed by atoms with Crippen molar-refractivity contribution in [1.82, 2.24) is 9.80 Å². The molecule has 0 radical (unpaired) electrons. The lowest BCUT2D eigenvalue weighted by atomic mass is 10.1. The molecule has 0 saturated heterocycles. The van der Waals surface area contributed by atoms with Crippen LogP contribution in [-0.2, 0) is 0 Å². The summed E-state index contributed by atoms with van der Waals surface area (Å²) in [5.41, 5.74) is 0. The second-order valence-corrected chi connectivity index (χ2v) is 10.0. The lowest BCUT2D eigenvalue weighted by molar-refractivity contribution is 0.144. The first kappa shape index (κ1) is 28.4. The molecule has 31 heavy (non-hydrogen) atoms. The Morgan fingerprint density at radius 2 is 0.710 bits per heavy atom. The zero-order chi connectivity index (χ0) is 22.4. The van der Waals surface area contributed by atoms with Crippen molar-refractivity contribution >= 4 is 0 Å². The fourth-order valence-electron chi connectivity index (χ4n) is 5.04. The fourth-order valence-corrected chi connectivity index (χ4v) is 5.04. The Kier molecular flexibility index (Phi) is 19.4. The third-order valence-electron chi connectivity index (χ3n) is 7.12. The smallest absolute Gasteiger partial charge is 0.100 e. The molecule has 0 bridgehead atoms. The molecule has 1 heterocycles. The molecule has 0 N–H and O–H groups in total. The molecule has 0 aliphatic carbocycles. The molecule has 0 fully saturated rings. The second-order valence-electron chi connectivity index (χ2n) is 10.0. The maximum atomic E-state index is 2.61. The molecule has 1 aliphatic rings. The van der Waals surface area contributed by atoms with E-state index in [0.717, 1.165) is 0 Å². The molecule has 0 amide bonds. The minimum absolute atomic E-state index is 0.622. The number of unbranched alkanes of at least 4 members (excludes halogenated alkanes) is 18.